The second-order valence-corrected chi connectivity index (χ2v) is 13.7. The molecule has 6 nitrogen and oxygen atoms in total. The average molecular weight is 653 g/mol. The van der Waals surface area contributed by atoms with Crippen molar-refractivity contribution in [3.63, 3.8) is 0 Å². The van der Waals surface area contributed by atoms with Crippen LogP contribution in [0.1, 0.15) is 44.5 Å². The Morgan fingerprint density at radius 1 is 0.240 bits per heavy atom. The minimum Gasteiger partial charge on any atom is -0.208 e. The van der Waals surface area contributed by atoms with Gasteiger partial charge in [-0.2, -0.15) is 0 Å². The number of hydrogen-bond acceptors (Lipinski definition) is 6. The van der Waals surface area contributed by atoms with E-state index in [1.54, 1.807) is 0 Å². The summed E-state index contributed by atoms with van der Waals surface area (Å²) >= 11 is 0. The van der Waals surface area contributed by atoms with E-state index >= 15 is 0 Å². The molecule has 0 N–H and O–H groups in total. The molecule has 0 aliphatic carbocycles. The van der Waals surface area contributed by atoms with Crippen LogP contribution in [0.4, 0.5) is 0 Å². The molecule has 0 spiro atoms. The Morgan fingerprint density at radius 3 is 0.660 bits per heavy atom. The lowest BCUT2D eigenvalue weighted by Gasteiger charge is -2.12. The standard InChI is InChI=1S/C44H40N6/c1-25-12-26(2)17-35(16-25)41-45-39(46-42(49-41)36-18-27(3)13-28(4)19-36)33-10-9-11-34(24-33)40-47-43(37-20-29(5)14-30(6)21-37)50-44(48-40)38-22-31(7)15-32(8)23-38/h9-24H,1-8H3. The van der Waals surface area contributed by atoms with E-state index in [9.17, 15) is 0 Å². The Kier molecular flexibility index (Phi) is 8.62. The van der Waals surface area contributed by atoms with Gasteiger partial charge in [-0.05, 0) is 110 Å². The van der Waals surface area contributed by atoms with Gasteiger partial charge in [0.25, 0.3) is 0 Å². The maximum atomic E-state index is 5.05. The van der Waals surface area contributed by atoms with Crippen LogP contribution in [0.15, 0.2) is 97.1 Å². The summed E-state index contributed by atoms with van der Waals surface area (Å²) in [5, 5.41) is 0. The molecule has 0 saturated carbocycles. The van der Waals surface area contributed by atoms with Crippen molar-refractivity contribution in [2.75, 3.05) is 0 Å². The molecule has 7 rings (SSSR count). The highest BCUT2D eigenvalue weighted by atomic mass is 15.0. The van der Waals surface area contributed by atoms with Crippen molar-refractivity contribution in [1.29, 1.82) is 0 Å². The fraction of sp³-hybridized carbons (Fsp3) is 0.182. The van der Waals surface area contributed by atoms with Gasteiger partial charge in [-0.3, -0.25) is 0 Å². The number of nitrogens with zero attached hydrogens (tertiary/aromatic N) is 6. The van der Waals surface area contributed by atoms with Crippen LogP contribution < -0.4 is 0 Å². The third-order valence-electron chi connectivity index (χ3n) is 8.57. The maximum absolute atomic E-state index is 5.05. The lowest BCUT2D eigenvalue weighted by Crippen LogP contribution is -2.02. The molecular formula is C44H40N6. The Balaban J connectivity index is 1.41. The van der Waals surface area contributed by atoms with Crippen molar-refractivity contribution in [2.45, 2.75) is 55.4 Å². The minimum atomic E-state index is 0.586. The largest absolute Gasteiger partial charge is 0.208 e. The lowest BCUT2D eigenvalue weighted by atomic mass is 10.0. The van der Waals surface area contributed by atoms with Crippen LogP contribution in [0.25, 0.3) is 68.3 Å². The molecule has 0 bridgehead atoms. The molecule has 50 heavy (non-hydrogen) atoms. The predicted octanol–water partition coefficient (Wildman–Crippen LogP) is 10.5. The first-order valence-corrected chi connectivity index (χ1v) is 16.9. The zero-order chi connectivity index (χ0) is 35.1. The second-order valence-electron chi connectivity index (χ2n) is 13.7. The van der Waals surface area contributed by atoms with Crippen LogP contribution in [0.5, 0.6) is 0 Å². The van der Waals surface area contributed by atoms with Gasteiger partial charge >= 0.3 is 0 Å². The van der Waals surface area contributed by atoms with E-state index < -0.39 is 0 Å². The third-order valence-corrected chi connectivity index (χ3v) is 8.57. The zero-order valence-electron chi connectivity index (χ0n) is 29.9. The molecule has 0 unspecified atom stereocenters. The highest BCUT2D eigenvalue weighted by Crippen LogP contribution is 2.31. The lowest BCUT2D eigenvalue weighted by molar-refractivity contribution is 1.06. The van der Waals surface area contributed by atoms with E-state index in [4.69, 9.17) is 29.9 Å². The van der Waals surface area contributed by atoms with E-state index in [1.165, 1.54) is 0 Å². The fourth-order valence-corrected chi connectivity index (χ4v) is 6.74. The first-order valence-electron chi connectivity index (χ1n) is 16.9. The van der Waals surface area contributed by atoms with E-state index in [0.717, 1.165) is 77.9 Å². The van der Waals surface area contributed by atoms with Crippen LogP contribution >= 0.6 is 0 Å². The molecule has 246 valence electrons. The van der Waals surface area contributed by atoms with Gasteiger partial charge in [0, 0.05) is 33.4 Å². The third kappa shape index (κ3) is 7.10. The summed E-state index contributed by atoms with van der Waals surface area (Å²) in [6.07, 6.45) is 0. The van der Waals surface area contributed by atoms with E-state index in [1.807, 2.05) is 18.2 Å². The van der Waals surface area contributed by atoms with Gasteiger partial charge in [0.1, 0.15) is 0 Å². The summed E-state index contributed by atoms with van der Waals surface area (Å²) in [4.78, 5) is 30.2. The number of benzene rings is 5. The van der Waals surface area contributed by atoms with Crippen LogP contribution in [-0.2, 0) is 0 Å². The molecule has 2 aromatic heterocycles. The molecule has 6 heteroatoms. The van der Waals surface area contributed by atoms with Gasteiger partial charge in [-0.15, -0.1) is 0 Å². The predicted molar refractivity (Wildman–Crippen MR) is 204 cm³/mol. The maximum Gasteiger partial charge on any atom is 0.164 e. The molecule has 0 amide bonds. The molecule has 0 aliphatic heterocycles. The van der Waals surface area contributed by atoms with Gasteiger partial charge in [0.15, 0.2) is 34.9 Å². The quantitative estimate of drug-likeness (QED) is 0.178. The van der Waals surface area contributed by atoms with Crippen molar-refractivity contribution in [2.24, 2.45) is 0 Å². The summed E-state index contributed by atoms with van der Waals surface area (Å²) in [7, 11) is 0. The van der Waals surface area contributed by atoms with Crippen molar-refractivity contribution >= 4 is 0 Å². The Labute approximate surface area is 294 Å². The van der Waals surface area contributed by atoms with Gasteiger partial charge in [-0.1, -0.05) is 87.0 Å². The second kappa shape index (κ2) is 13.2. The van der Waals surface area contributed by atoms with E-state index in [-0.39, 0.29) is 0 Å². The van der Waals surface area contributed by atoms with Crippen LogP contribution in [-0.4, -0.2) is 29.9 Å². The number of rotatable bonds is 6. The SMILES string of the molecule is Cc1cc(C)cc(-c2nc(-c3cc(C)cc(C)c3)nc(-c3cccc(-c4nc(-c5cc(C)cc(C)c5)nc(-c5cc(C)cc(C)c5)n4)c3)n2)c1. The summed E-state index contributed by atoms with van der Waals surface area (Å²) in [5.74, 6) is 3.71. The molecule has 7 aromatic rings. The molecule has 0 radical (unpaired) electrons. The Morgan fingerprint density at radius 2 is 0.440 bits per heavy atom. The molecule has 0 aliphatic rings. The number of aromatic nitrogens is 6. The van der Waals surface area contributed by atoms with Gasteiger partial charge in [0.05, 0.1) is 0 Å². The van der Waals surface area contributed by atoms with Crippen LogP contribution in [0.3, 0.4) is 0 Å². The number of hydrogen-bond donors (Lipinski definition) is 0. The van der Waals surface area contributed by atoms with Gasteiger partial charge in [-0.25, -0.2) is 29.9 Å². The average Bonchev–Trinajstić information content (AvgIpc) is 3.06. The first kappa shape index (κ1) is 32.7. The zero-order valence-corrected chi connectivity index (χ0v) is 29.9. The number of aryl methyl sites for hydroxylation is 8. The minimum absolute atomic E-state index is 0.586. The highest BCUT2D eigenvalue weighted by molar-refractivity contribution is 5.73. The fourth-order valence-electron chi connectivity index (χ4n) is 6.74. The summed E-state index contributed by atoms with van der Waals surface area (Å²) in [6, 6.07) is 33.8. The van der Waals surface area contributed by atoms with Crippen molar-refractivity contribution < 1.29 is 0 Å². The van der Waals surface area contributed by atoms with Crippen LogP contribution in [0.2, 0.25) is 0 Å². The Bertz CT molecular complexity index is 2040. The summed E-state index contributed by atoms with van der Waals surface area (Å²) in [6.45, 7) is 16.8. The monoisotopic (exact) mass is 652 g/mol. The molecule has 0 atom stereocenters. The molecule has 0 saturated heterocycles. The summed E-state index contributed by atoms with van der Waals surface area (Å²) < 4.78 is 0. The van der Waals surface area contributed by atoms with Gasteiger partial charge in [0.2, 0.25) is 0 Å². The topological polar surface area (TPSA) is 77.3 Å². The molecule has 5 aromatic carbocycles. The highest BCUT2D eigenvalue weighted by Gasteiger charge is 2.17. The van der Waals surface area contributed by atoms with Crippen molar-refractivity contribution in [3.8, 4) is 68.3 Å². The van der Waals surface area contributed by atoms with E-state index in [2.05, 4.69) is 134 Å². The first-order chi connectivity index (χ1) is 23.9. The molecule has 0 fully saturated rings. The normalized spacial score (nSPS) is 11.2. The van der Waals surface area contributed by atoms with Crippen molar-refractivity contribution in [1.82, 2.24) is 29.9 Å². The van der Waals surface area contributed by atoms with Crippen molar-refractivity contribution in [3.05, 3.63) is 142 Å². The molecular weight excluding hydrogens is 613 g/mol. The summed E-state index contributed by atoms with van der Waals surface area (Å²) in [5.41, 5.74) is 14.8. The molecule has 2 heterocycles. The van der Waals surface area contributed by atoms with Crippen LogP contribution in [0, 0.1) is 55.4 Å². The smallest absolute Gasteiger partial charge is 0.164 e. The Hall–Kier alpha value is -5.88. The van der Waals surface area contributed by atoms with E-state index in [0.29, 0.717) is 34.9 Å². The van der Waals surface area contributed by atoms with Gasteiger partial charge < -0.3 is 0 Å².